The molecule has 0 bridgehead atoms. The summed E-state index contributed by atoms with van der Waals surface area (Å²) in [6, 6.07) is 14.0. The van der Waals surface area contributed by atoms with Crippen molar-refractivity contribution in [3.8, 4) is 5.69 Å². The number of hydrogen-bond donors (Lipinski definition) is 1. The lowest BCUT2D eigenvalue weighted by Crippen LogP contribution is -2.41. The zero-order valence-electron chi connectivity index (χ0n) is 19.6. The standard InChI is InChI=1S/C26H24ClN3O4S/c1-15-7-4-5-10-19(15)28-21(31)13-29-24-22(18-12-26(2,3)34-14-20(18)35-24)23(32)30(25(29)33)17-9-6-8-16(27)11-17/h4-11H,12-14H2,1-3H3,(H,28,31). The van der Waals surface area contributed by atoms with Crippen LogP contribution >= 0.6 is 22.9 Å². The molecule has 3 heterocycles. The number of ether oxygens (including phenoxy) is 1. The molecular formula is C26H24ClN3O4S. The summed E-state index contributed by atoms with van der Waals surface area (Å²) in [5, 5.41) is 3.73. The Labute approximate surface area is 210 Å². The van der Waals surface area contributed by atoms with Gasteiger partial charge >= 0.3 is 5.69 Å². The van der Waals surface area contributed by atoms with Crippen LogP contribution in [-0.2, 0) is 29.1 Å². The van der Waals surface area contributed by atoms with Crippen molar-refractivity contribution in [3.63, 3.8) is 0 Å². The van der Waals surface area contributed by atoms with Crippen LogP contribution in [0.25, 0.3) is 15.9 Å². The lowest BCUT2D eigenvalue weighted by Gasteiger charge is -2.29. The van der Waals surface area contributed by atoms with Crippen LogP contribution in [0, 0.1) is 6.92 Å². The van der Waals surface area contributed by atoms with E-state index >= 15 is 0 Å². The van der Waals surface area contributed by atoms with Gasteiger partial charge in [-0.15, -0.1) is 11.3 Å². The molecule has 0 fully saturated rings. The second kappa shape index (κ2) is 8.78. The maximum Gasteiger partial charge on any atom is 0.337 e. The molecule has 0 spiro atoms. The molecule has 0 unspecified atom stereocenters. The third kappa shape index (κ3) is 4.33. The van der Waals surface area contributed by atoms with Gasteiger partial charge in [0.2, 0.25) is 5.91 Å². The van der Waals surface area contributed by atoms with Crippen molar-refractivity contribution in [2.24, 2.45) is 0 Å². The zero-order valence-corrected chi connectivity index (χ0v) is 21.1. The maximum absolute atomic E-state index is 13.8. The molecule has 0 saturated heterocycles. The number of aromatic nitrogens is 2. The van der Waals surface area contributed by atoms with Crippen molar-refractivity contribution in [2.75, 3.05) is 5.32 Å². The fraction of sp³-hybridized carbons (Fsp3) is 0.269. The Balaban J connectivity index is 1.71. The Hall–Kier alpha value is -3.20. The van der Waals surface area contributed by atoms with E-state index < -0.39 is 16.9 Å². The number of para-hydroxylation sites is 1. The topological polar surface area (TPSA) is 82.3 Å². The molecule has 35 heavy (non-hydrogen) atoms. The van der Waals surface area contributed by atoms with Gasteiger partial charge in [0.25, 0.3) is 5.56 Å². The summed E-state index contributed by atoms with van der Waals surface area (Å²) in [6.45, 7) is 5.95. The molecule has 0 radical (unpaired) electrons. The van der Waals surface area contributed by atoms with Gasteiger partial charge in [-0.05, 0) is 56.2 Å². The van der Waals surface area contributed by atoms with Crippen LogP contribution in [0.3, 0.4) is 0 Å². The first kappa shape index (κ1) is 23.5. The average molecular weight is 510 g/mol. The van der Waals surface area contributed by atoms with E-state index in [0.717, 1.165) is 20.6 Å². The van der Waals surface area contributed by atoms with E-state index in [1.165, 1.54) is 15.9 Å². The van der Waals surface area contributed by atoms with Crippen molar-refractivity contribution >= 4 is 44.7 Å². The van der Waals surface area contributed by atoms with Crippen LogP contribution in [0.15, 0.2) is 58.1 Å². The van der Waals surface area contributed by atoms with Gasteiger partial charge in [0.1, 0.15) is 11.4 Å². The van der Waals surface area contributed by atoms with Crippen LogP contribution in [0.2, 0.25) is 5.02 Å². The van der Waals surface area contributed by atoms with E-state index in [1.807, 2.05) is 45.0 Å². The van der Waals surface area contributed by atoms with Gasteiger partial charge < -0.3 is 10.1 Å². The molecule has 2 aromatic carbocycles. The molecule has 1 aliphatic heterocycles. The molecule has 180 valence electrons. The largest absolute Gasteiger partial charge is 0.370 e. The van der Waals surface area contributed by atoms with Crippen LogP contribution in [0.4, 0.5) is 5.69 Å². The number of amides is 1. The van der Waals surface area contributed by atoms with Crippen LogP contribution in [-0.4, -0.2) is 20.6 Å². The Morgan fingerprint density at radius 2 is 1.94 bits per heavy atom. The first-order valence-corrected chi connectivity index (χ1v) is 12.4. The molecule has 0 aliphatic carbocycles. The fourth-order valence-electron chi connectivity index (χ4n) is 4.38. The highest BCUT2D eigenvalue weighted by molar-refractivity contribution is 7.18. The molecule has 5 rings (SSSR count). The van der Waals surface area contributed by atoms with Gasteiger partial charge in [0, 0.05) is 22.0 Å². The Morgan fingerprint density at radius 3 is 2.69 bits per heavy atom. The number of carbonyl (C=O) groups excluding carboxylic acids is 1. The highest BCUT2D eigenvalue weighted by atomic mass is 35.5. The van der Waals surface area contributed by atoms with E-state index in [0.29, 0.717) is 39.6 Å². The van der Waals surface area contributed by atoms with Gasteiger partial charge in [-0.2, -0.15) is 0 Å². The first-order valence-electron chi connectivity index (χ1n) is 11.2. The van der Waals surface area contributed by atoms with Crippen LogP contribution in [0.5, 0.6) is 0 Å². The number of anilines is 1. The molecule has 0 saturated carbocycles. The normalized spacial score (nSPS) is 14.6. The van der Waals surface area contributed by atoms with Crippen molar-refractivity contribution in [2.45, 2.75) is 45.9 Å². The SMILES string of the molecule is Cc1ccccc1NC(=O)Cn1c(=O)n(-c2cccc(Cl)c2)c(=O)c2c3c(sc21)COC(C)(C)C3. The number of hydrogen-bond acceptors (Lipinski definition) is 5. The monoisotopic (exact) mass is 509 g/mol. The second-order valence-corrected chi connectivity index (χ2v) is 10.8. The summed E-state index contributed by atoms with van der Waals surface area (Å²) >= 11 is 7.51. The third-order valence-electron chi connectivity index (χ3n) is 6.14. The number of nitrogens with one attached hydrogen (secondary N) is 1. The van der Waals surface area contributed by atoms with Gasteiger partial charge in [-0.1, -0.05) is 35.9 Å². The number of rotatable bonds is 4. The minimum Gasteiger partial charge on any atom is -0.370 e. The molecule has 0 atom stereocenters. The minimum absolute atomic E-state index is 0.242. The quantitative estimate of drug-likeness (QED) is 0.433. The maximum atomic E-state index is 13.8. The number of aryl methyl sites for hydroxylation is 1. The number of benzene rings is 2. The fourth-order valence-corrected chi connectivity index (χ4v) is 5.78. The summed E-state index contributed by atoms with van der Waals surface area (Å²) in [5.41, 5.74) is 1.35. The van der Waals surface area contributed by atoms with Gasteiger partial charge in [-0.25, -0.2) is 9.36 Å². The summed E-state index contributed by atoms with van der Waals surface area (Å²) in [5.74, 6) is -0.359. The van der Waals surface area contributed by atoms with Crippen molar-refractivity contribution < 1.29 is 9.53 Å². The summed E-state index contributed by atoms with van der Waals surface area (Å²) in [6.07, 6.45) is 0.529. The number of fused-ring (bicyclic) bond motifs is 3. The highest BCUT2D eigenvalue weighted by Gasteiger charge is 2.32. The van der Waals surface area contributed by atoms with E-state index in [1.54, 1.807) is 24.3 Å². The number of thiophene rings is 1. The predicted octanol–water partition coefficient (Wildman–Crippen LogP) is 4.67. The first-order chi connectivity index (χ1) is 16.6. The smallest absolute Gasteiger partial charge is 0.337 e. The lowest BCUT2D eigenvalue weighted by atomic mass is 9.94. The molecule has 7 nitrogen and oxygen atoms in total. The van der Waals surface area contributed by atoms with E-state index in [-0.39, 0.29) is 12.5 Å². The third-order valence-corrected chi connectivity index (χ3v) is 7.60. The Kier molecular flexibility index (Phi) is 5.91. The number of halogens is 1. The lowest BCUT2D eigenvalue weighted by molar-refractivity contribution is -0.116. The number of nitrogens with zero attached hydrogens (tertiary/aromatic N) is 2. The minimum atomic E-state index is -0.594. The molecule has 4 aromatic rings. The van der Waals surface area contributed by atoms with Gasteiger partial charge in [-0.3, -0.25) is 14.2 Å². The molecular weight excluding hydrogens is 486 g/mol. The van der Waals surface area contributed by atoms with Gasteiger partial charge in [0.05, 0.1) is 23.3 Å². The Morgan fingerprint density at radius 1 is 1.17 bits per heavy atom. The summed E-state index contributed by atoms with van der Waals surface area (Å²) in [7, 11) is 0. The van der Waals surface area contributed by atoms with Crippen molar-refractivity contribution in [1.82, 2.24) is 9.13 Å². The van der Waals surface area contributed by atoms with Crippen LogP contribution < -0.4 is 16.6 Å². The second-order valence-electron chi connectivity index (χ2n) is 9.26. The van der Waals surface area contributed by atoms with Crippen LogP contribution in [0.1, 0.15) is 29.9 Å². The molecule has 9 heteroatoms. The Bertz CT molecular complexity index is 1600. The molecule has 2 aromatic heterocycles. The molecule has 1 N–H and O–H groups in total. The summed E-state index contributed by atoms with van der Waals surface area (Å²) in [4.78, 5) is 41.9. The van der Waals surface area contributed by atoms with Crippen molar-refractivity contribution in [3.05, 3.63) is 90.4 Å². The average Bonchev–Trinajstić information content (AvgIpc) is 3.16. The van der Waals surface area contributed by atoms with Crippen molar-refractivity contribution in [1.29, 1.82) is 0 Å². The molecule has 1 aliphatic rings. The van der Waals surface area contributed by atoms with Gasteiger partial charge in [0.15, 0.2) is 0 Å². The summed E-state index contributed by atoms with van der Waals surface area (Å²) < 4.78 is 8.43. The number of carbonyl (C=O) groups is 1. The highest BCUT2D eigenvalue weighted by Crippen LogP contribution is 2.37. The zero-order chi connectivity index (χ0) is 24.9. The van der Waals surface area contributed by atoms with E-state index in [2.05, 4.69) is 5.32 Å². The molecule has 1 amide bonds. The predicted molar refractivity (Wildman–Crippen MR) is 139 cm³/mol. The van der Waals surface area contributed by atoms with E-state index in [9.17, 15) is 14.4 Å². The van der Waals surface area contributed by atoms with E-state index in [4.69, 9.17) is 16.3 Å².